The number of H-pyrrole nitrogens is 1. The summed E-state index contributed by atoms with van der Waals surface area (Å²) in [7, 11) is 0. The van der Waals surface area contributed by atoms with Crippen molar-refractivity contribution >= 4 is 17.4 Å². The maximum absolute atomic E-state index is 6.15. The van der Waals surface area contributed by atoms with Crippen LogP contribution in [0.25, 0.3) is 11.1 Å². The number of nitrogens with zero attached hydrogens (tertiary/aromatic N) is 1. The molecule has 0 amide bonds. The van der Waals surface area contributed by atoms with Crippen LogP contribution in [-0.4, -0.2) is 16.8 Å². The molecule has 1 aromatic heterocycles. The summed E-state index contributed by atoms with van der Waals surface area (Å²) in [5.74, 6) is 1.35. The first-order chi connectivity index (χ1) is 7.75. The third-order valence-electron chi connectivity index (χ3n) is 2.72. The molecule has 0 fully saturated rings. The van der Waals surface area contributed by atoms with E-state index >= 15 is 0 Å². The Kier molecular flexibility index (Phi) is 2.04. The number of halogens is 1. The monoisotopic (exact) mass is 235 g/mol. The number of aromatic amines is 1. The molecule has 0 radical (unpaired) electrons. The lowest BCUT2D eigenvalue weighted by Gasteiger charge is -2.05. The van der Waals surface area contributed by atoms with Crippen LogP contribution in [0.15, 0.2) is 18.3 Å². The number of fused-ring (bicyclic) bond motifs is 1. The van der Waals surface area contributed by atoms with Crippen LogP contribution < -0.4 is 10.5 Å². The van der Waals surface area contributed by atoms with E-state index in [0.717, 1.165) is 28.9 Å². The predicted molar refractivity (Wildman–Crippen MR) is 62.6 cm³/mol. The van der Waals surface area contributed by atoms with Crippen LogP contribution in [-0.2, 0) is 6.42 Å². The first kappa shape index (κ1) is 9.54. The van der Waals surface area contributed by atoms with Gasteiger partial charge in [0.2, 0.25) is 0 Å². The summed E-state index contributed by atoms with van der Waals surface area (Å²) in [6, 6.07) is 3.91. The van der Waals surface area contributed by atoms with E-state index in [1.54, 1.807) is 6.20 Å². The molecule has 16 heavy (non-hydrogen) atoms. The maximum atomic E-state index is 6.15. The highest BCUT2D eigenvalue weighted by molar-refractivity contribution is 6.32. The van der Waals surface area contributed by atoms with E-state index in [9.17, 15) is 0 Å². The molecule has 5 heteroatoms. The Labute approximate surface area is 97.4 Å². The number of hydrogen-bond acceptors (Lipinski definition) is 3. The lowest BCUT2D eigenvalue weighted by molar-refractivity contribution is 0.357. The Balaban J connectivity index is 2.17. The molecule has 2 heterocycles. The van der Waals surface area contributed by atoms with Gasteiger partial charge in [-0.3, -0.25) is 5.10 Å². The predicted octanol–water partition coefficient (Wildman–Crippen LogP) is 2.25. The fraction of sp³-hybridized carbons (Fsp3) is 0.182. The van der Waals surface area contributed by atoms with Gasteiger partial charge >= 0.3 is 0 Å². The van der Waals surface area contributed by atoms with E-state index in [2.05, 4.69) is 16.3 Å². The second kappa shape index (κ2) is 3.42. The van der Waals surface area contributed by atoms with Crippen molar-refractivity contribution in [3.63, 3.8) is 0 Å². The number of nitrogen functional groups attached to an aromatic ring is 1. The summed E-state index contributed by atoms with van der Waals surface area (Å²) in [6.45, 7) is 0.694. The van der Waals surface area contributed by atoms with Crippen molar-refractivity contribution in [1.29, 1.82) is 0 Å². The average molecular weight is 236 g/mol. The number of benzene rings is 1. The molecule has 82 valence electrons. The molecule has 2 aromatic rings. The van der Waals surface area contributed by atoms with Crippen molar-refractivity contribution < 1.29 is 4.74 Å². The minimum absolute atomic E-state index is 0.551. The molecule has 0 unspecified atom stereocenters. The molecular weight excluding hydrogens is 226 g/mol. The standard InChI is InChI=1S/C11H10ClN3O/c12-9-4-7(8-5-14-15-11(8)13)3-6-1-2-16-10(6)9/h3-5H,1-2H2,(H3,13,14,15). The van der Waals surface area contributed by atoms with E-state index in [1.165, 1.54) is 0 Å². The zero-order valence-corrected chi connectivity index (χ0v) is 9.21. The van der Waals surface area contributed by atoms with Crippen LogP contribution in [0, 0.1) is 0 Å². The van der Waals surface area contributed by atoms with Crippen LogP contribution in [0.3, 0.4) is 0 Å². The molecule has 0 aliphatic carbocycles. The van der Waals surface area contributed by atoms with Gasteiger partial charge in [0.1, 0.15) is 11.6 Å². The van der Waals surface area contributed by atoms with Crippen LogP contribution in [0.4, 0.5) is 5.82 Å². The quantitative estimate of drug-likeness (QED) is 0.797. The summed E-state index contributed by atoms with van der Waals surface area (Å²) >= 11 is 6.15. The van der Waals surface area contributed by atoms with E-state index < -0.39 is 0 Å². The van der Waals surface area contributed by atoms with E-state index in [4.69, 9.17) is 22.1 Å². The van der Waals surface area contributed by atoms with Crippen molar-refractivity contribution in [2.24, 2.45) is 0 Å². The van der Waals surface area contributed by atoms with Crippen molar-refractivity contribution in [1.82, 2.24) is 10.2 Å². The van der Waals surface area contributed by atoms with Crippen LogP contribution >= 0.6 is 11.6 Å². The van der Waals surface area contributed by atoms with E-state index in [-0.39, 0.29) is 0 Å². The number of rotatable bonds is 1. The van der Waals surface area contributed by atoms with Crippen molar-refractivity contribution in [2.45, 2.75) is 6.42 Å². The molecule has 4 nitrogen and oxygen atoms in total. The number of anilines is 1. The molecule has 0 atom stereocenters. The second-order valence-corrected chi connectivity index (χ2v) is 4.15. The molecule has 0 spiro atoms. The molecule has 3 rings (SSSR count). The lowest BCUT2D eigenvalue weighted by atomic mass is 10.0. The van der Waals surface area contributed by atoms with Gasteiger partial charge in [-0.1, -0.05) is 11.6 Å². The van der Waals surface area contributed by atoms with Gasteiger partial charge in [-0.2, -0.15) is 5.10 Å². The lowest BCUT2D eigenvalue weighted by Crippen LogP contribution is -1.89. The highest BCUT2D eigenvalue weighted by Gasteiger charge is 2.18. The Morgan fingerprint density at radius 3 is 3.06 bits per heavy atom. The van der Waals surface area contributed by atoms with E-state index in [0.29, 0.717) is 17.4 Å². The first-order valence-electron chi connectivity index (χ1n) is 5.00. The smallest absolute Gasteiger partial charge is 0.141 e. The third-order valence-corrected chi connectivity index (χ3v) is 3.00. The third kappa shape index (κ3) is 1.34. The van der Waals surface area contributed by atoms with Crippen LogP contribution in [0.1, 0.15) is 5.56 Å². The second-order valence-electron chi connectivity index (χ2n) is 3.74. The highest BCUT2D eigenvalue weighted by atomic mass is 35.5. The zero-order valence-electron chi connectivity index (χ0n) is 8.46. The number of nitrogens with one attached hydrogen (secondary N) is 1. The molecule has 0 saturated carbocycles. The molecule has 1 aliphatic heterocycles. The fourth-order valence-corrected chi connectivity index (χ4v) is 2.24. The summed E-state index contributed by atoms with van der Waals surface area (Å²) in [6.07, 6.45) is 2.59. The van der Waals surface area contributed by atoms with Gasteiger partial charge in [-0.15, -0.1) is 0 Å². The van der Waals surface area contributed by atoms with Gasteiger partial charge < -0.3 is 10.5 Å². The SMILES string of the molecule is Nc1[nH]ncc1-c1cc(Cl)c2c(c1)CCO2. The summed E-state index contributed by atoms with van der Waals surface area (Å²) in [5, 5.41) is 7.23. The average Bonchev–Trinajstić information content (AvgIpc) is 2.85. The Hall–Kier alpha value is -1.68. The summed E-state index contributed by atoms with van der Waals surface area (Å²) in [5.41, 5.74) is 8.75. The molecule has 0 bridgehead atoms. The van der Waals surface area contributed by atoms with Gasteiger partial charge in [-0.25, -0.2) is 0 Å². The first-order valence-corrected chi connectivity index (χ1v) is 5.38. The molecule has 3 N–H and O–H groups in total. The minimum atomic E-state index is 0.551. The Bertz CT molecular complexity index is 550. The topological polar surface area (TPSA) is 63.9 Å². The molecule has 0 saturated heterocycles. The number of aromatic nitrogens is 2. The van der Waals surface area contributed by atoms with Crippen molar-refractivity contribution in [3.8, 4) is 16.9 Å². The largest absolute Gasteiger partial charge is 0.491 e. The summed E-state index contributed by atoms with van der Waals surface area (Å²) < 4.78 is 5.45. The van der Waals surface area contributed by atoms with E-state index in [1.807, 2.05) is 6.07 Å². The molecule has 1 aliphatic rings. The normalized spacial score (nSPS) is 13.6. The van der Waals surface area contributed by atoms with Gasteiger partial charge in [0.15, 0.2) is 0 Å². The maximum Gasteiger partial charge on any atom is 0.141 e. The minimum Gasteiger partial charge on any atom is -0.491 e. The number of hydrogen-bond donors (Lipinski definition) is 2. The number of nitrogens with two attached hydrogens (primary N) is 1. The van der Waals surface area contributed by atoms with Crippen LogP contribution in [0.2, 0.25) is 5.02 Å². The van der Waals surface area contributed by atoms with Gasteiger partial charge in [-0.05, 0) is 23.3 Å². The Morgan fingerprint density at radius 2 is 2.31 bits per heavy atom. The molecule has 1 aromatic carbocycles. The van der Waals surface area contributed by atoms with Crippen LogP contribution in [0.5, 0.6) is 5.75 Å². The zero-order chi connectivity index (χ0) is 11.1. The molecular formula is C11H10ClN3O. The fourth-order valence-electron chi connectivity index (χ4n) is 1.94. The van der Waals surface area contributed by atoms with Gasteiger partial charge in [0, 0.05) is 12.0 Å². The van der Waals surface area contributed by atoms with Gasteiger partial charge in [0.05, 0.1) is 17.8 Å². The number of ether oxygens (including phenoxy) is 1. The Morgan fingerprint density at radius 1 is 1.44 bits per heavy atom. The van der Waals surface area contributed by atoms with Crippen molar-refractivity contribution in [3.05, 3.63) is 28.9 Å². The van der Waals surface area contributed by atoms with Gasteiger partial charge in [0.25, 0.3) is 0 Å². The summed E-state index contributed by atoms with van der Waals surface area (Å²) in [4.78, 5) is 0. The highest BCUT2D eigenvalue weighted by Crippen LogP contribution is 2.38. The van der Waals surface area contributed by atoms with Crippen molar-refractivity contribution in [2.75, 3.05) is 12.3 Å².